The Morgan fingerprint density at radius 3 is 2.42 bits per heavy atom. The van der Waals surface area contributed by atoms with Crippen LogP contribution in [0.4, 0.5) is 5.69 Å². The first-order chi connectivity index (χ1) is 21.6. The summed E-state index contributed by atoms with van der Waals surface area (Å²) in [6, 6.07) is 17.8. The summed E-state index contributed by atoms with van der Waals surface area (Å²) >= 11 is 13.6. The molecule has 0 radical (unpaired) electrons. The molecule has 0 amide bonds. The molecule has 2 heterocycles. The number of rotatable bonds is 10. The van der Waals surface area contributed by atoms with Gasteiger partial charge in [0, 0.05) is 35.4 Å². The topological polar surface area (TPSA) is 82.4 Å². The highest BCUT2D eigenvalue weighted by molar-refractivity contribution is 7.07. The molecule has 45 heavy (non-hydrogen) atoms. The average Bonchev–Trinajstić information content (AvgIpc) is 3.30. The van der Waals surface area contributed by atoms with Gasteiger partial charge in [0.15, 0.2) is 16.3 Å². The monoisotopic (exact) mass is 665 g/mol. The van der Waals surface area contributed by atoms with Gasteiger partial charge >= 0.3 is 5.97 Å². The molecule has 0 N–H and O–H groups in total. The third kappa shape index (κ3) is 6.96. The van der Waals surface area contributed by atoms with Crippen LogP contribution in [0.3, 0.4) is 0 Å². The van der Waals surface area contributed by atoms with E-state index in [1.165, 1.54) is 11.3 Å². The zero-order valence-electron chi connectivity index (χ0n) is 25.6. The van der Waals surface area contributed by atoms with Crippen LogP contribution in [0.25, 0.3) is 6.08 Å². The van der Waals surface area contributed by atoms with Gasteiger partial charge in [-0.25, -0.2) is 9.79 Å². The fourth-order valence-electron chi connectivity index (χ4n) is 5.01. The molecule has 1 atom stereocenters. The minimum absolute atomic E-state index is 0.209. The lowest BCUT2D eigenvalue weighted by Gasteiger charge is -2.25. The quantitative estimate of drug-likeness (QED) is 0.189. The molecule has 3 aromatic carbocycles. The Hall–Kier alpha value is -4.05. The molecule has 0 spiro atoms. The second kappa shape index (κ2) is 13.9. The van der Waals surface area contributed by atoms with Crippen LogP contribution in [0.15, 0.2) is 81.7 Å². The highest BCUT2D eigenvalue weighted by Gasteiger charge is 2.33. The highest BCUT2D eigenvalue weighted by atomic mass is 35.5. The van der Waals surface area contributed by atoms with E-state index in [-0.39, 0.29) is 18.8 Å². The van der Waals surface area contributed by atoms with E-state index in [9.17, 15) is 9.59 Å². The van der Waals surface area contributed by atoms with Gasteiger partial charge < -0.3 is 19.1 Å². The molecule has 0 unspecified atom stereocenters. The molecular formula is C34H33Cl2N3O5S. The maximum Gasteiger partial charge on any atom is 0.338 e. The van der Waals surface area contributed by atoms with Gasteiger partial charge in [-0.3, -0.25) is 9.36 Å². The zero-order chi connectivity index (χ0) is 32.2. The Morgan fingerprint density at radius 2 is 1.76 bits per heavy atom. The van der Waals surface area contributed by atoms with Crippen LogP contribution in [-0.2, 0) is 16.1 Å². The van der Waals surface area contributed by atoms with E-state index in [1.54, 1.807) is 42.7 Å². The van der Waals surface area contributed by atoms with Crippen molar-refractivity contribution >= 4 is 52.3 Å². The Bertz CT molecular complexity index is 1950. The minimum Gasteiger partial charge on any atom is -0.490 e. The smallest absolute Gasteiger partial charge is 0.338 e. The van der Waals surface area contributed by atoms with E-state index in [4.69, 9.17) is 37.4 Å². The van der Waals surface area contributed by atoms with Crippen molar-refractivity contribution in [3.63, 3.8) is 0 Å². The van der Waals surface area contributed by atoms with Gasteiger partial charge in [-0.1, -0.05) is 58.8 Å². The van der Waals surface area contributed by atoms with Gasteiger partial charge in [-0.05, 0) is 74.4 Å². The Balaban J connectivity index is 1.55. The summed E-state index contributed by atoms with van der Waals surface area (Å²) in [4.78, 5) is 34.4. The van der Waals surface area contributed by atoms with Crippen LogP contribution in [0.2, 0.25) is 10.0 Å². The fraction of sp³-hybridized carbons (Fsp3) is 0.265. The van der Waals surface area contributed by atoms with E-state index in [2.05, 4.69) is 4.99 Å². The van der Waals surface area contributed by atoms with Gasteiger partial charge in [-0.15, -0.1) is 0 Å². The summed E-state index contributed by atoms with van der Waals surface area (Å²) in [6.45, 7) is 6.27. The number of carbonyl (C=O) groups is 1. The number of carbonyl (C=O) groups excluding carboxylic acids is 1. The molecule has 0 bridgehead atoms. The number of allylic oxidation sites excluding steroid dienone is 1. The minimum atomic E-state index is -0.687. The van der Waals surface area contributed by atoms with E-state index in [0.717, 1.165) is 22.4 Å². The molecule has 1 aliphatic heterocycles. The van der Waals surface area contributed by atoms with Gasteiger partial charge in [0.1, 0.15) is 6.61 Å². The van der Waals surface area contributed by atoms with Crippen molar-refractivity contribution in [2.75, 3.05) is 32.2 Å². The third-order valence-corrected chi connectivity index (χ3v) is 8.78. The number of fused-ring (bicyclic) bond motifs is 1. The average molecular weight is 667 g/mol. The summed E-state index contributed by atoms with van der Waals surface area (Å²) < 4.78 is 19.4. The van der Waals surface area contributed by atoms with Gasteiger partial charge in [0.2, 0.25) is 0 Å². The van der Waals surface area contributed by atoms with Gasteiger partial charge in [-0.2, -0.15) is 0 Å². The molecule has 4 aromatic rings. The normalized spacial score (nSPS) is 14.6. The number of hydrogen-bond donors (Lipinski definition) is 0. The van der Waals surface area contributed by atoms with E-state index in [0.29, 0.717) is 48.8 Å². The van der Waals surface area contributed by atoms with Crippen LogP contribution in [-0.4, -0.2) is 37.8 Å². The van der Waals surface area contributed by atoms with Crippen molar-refractivity contribution in [1.82, 2.24) is 4.57 Å². The van der Waals surface area contributed by atoms with E-state index in [1.807, 2.05) is 68.4 Å². The van der Waals surface area contributed by atoms with Crippen LogP contribution < -0.4 is 29.3 Å². The predicted molar refractivity (Wildman–Crippen MR) is 180 cm³/mol. The number of halogens is 2. The maximum atomic E-state index is 14.0. The highest BCUT2D eigenvalue weighted by Crippen LogP contribution is 2.33. The lowest BCUT2D eigenvalue weighted by molar-refractivity contribution is -0.139. The first kappa shape index (κ1) is 32.3. The molecule has 0 fully saturated rings. The standard InChI is InChI=1S/C34H33Cl2N3O5S/c1-6-42-28-16-21(8-15-27(28)44-19-23-9-12-24(35)18-26(23)36)17-29-32(40)39-31(22-10-13-25(14-11-22)38(4)5)30(33(41)43-7-2)20(3)37-34(39)45-29/h8-18,31H,6-7,19H2,1-5H3/b29-17-/t31-/m1/s1. The molecule has 0 aliphatic carbocycles. The zero-order valence-corrected chi connectivity index (χ0v) is 27.9. The largest absolute Gasteiger partial charge is 0.490 e. The van der Waals surface area contributed by atoms with Crippen molar-refractivity contribution in [3.05, 3.63) is 118 Å². The molecule has 11 heteroatoms. The number of ether oxygens (including phenoxy) is 3. The molecule has 1 aliphatic rings. The van der Waals surface area contributed by atoms with Gasteiger partial charge in [0.05, 0.1) is 35.1 Å². The number of anilines is 1. The SMILES string of the molecule is CCOC(=O)C1=C(C)N=c2s/c(=C\c3ccc(OCc4ccc(Cl)cc4Cl)c(OCC)c3)c(=O)n2[C@@H]1c1ccc(N(C)C)cc1. The van der Waals surface area contributed by atoms with E-state index >= 15 is 0 Å². The molecule has 1 aromatic heterocycles. The molecule has 5 rings (SSSR count). The maximum absolute atomic E-state index is 14.0. The number of thiazole rings is 1. The Labute approximate surface area is 275 Å². The summed E-state index contributed by atoms with van der Waals surface area (Å²) in [5, 5.41) is 1.06. The second-order valence-electron chi connectivity index (χ2n) is 10.5. The number of hydrogen-bond acceptors (Lipinski definition) is 8. The van der Waals surface area contributed by atoms with Crippen molar-refractivity contribution in [2.45, 2.75) is 33.4 Å². The summed E-state index contributed by atoms with van der Waals surface area (Å²) in [7, 11) is 3.91. The fourth-order valence-corrected chi connectivity index (χ4v) is 6.52. The van der Waals surface area contributed by atoms with Gasteiger partial charge in [0.25, 0.3) is 5.56 Å². The molecule has 234 valence electrons. The first-order valence-electron chi connectivity index (χ1n) is 14.4. The molecule has 0 saturated carbocycles. The Kier molecular flexibility index (Phi) is 10.0. The van der Waals surface area contributed by atoms with Crippen LogP contribution in [0, 0.1) is 0 Å². The number of aromatic nitrogens is 1. The summed E-state index contributed by atoms with van der Waals surface area (Å²) in [5.41, 5.74) is 3.92. The van der Waals surface area contributed by atoms with Crippen LogP contribution in [0.5, 0.6) is 11.5 Å². The van der Waals surface area contributed by atoms with Crippen molar-refractivity contribution in [3.8, 4) is 11.5 Å². The number of benzene rings is 3. The van der Waals surface area contributed by atoms with Crippen molar-refractivity contribution in [1.29, 1.82) is 0 Å². The third-order valence-electron chi connectivity index (χ3n) is 7.21. The second-order valence-corrected chi connectivity index (χ2v) is 12.3. The number of esters is 1. The lowest BCUT2D eigenvalue weighted by atomic mass is 9.95. The van der Waals surface area contributed by atoms with E-state index < -0.39 is 12.0 Å². The molecular weight excluding hydrogens is 633 g/mol. The molecule has 8 nitrogen and oxygen atoms in total. The van der Waals surface area contributed by atoms with Crippen molar-refractivity contribution in [2.24, 2.45) is 4.99 Å². The van der Waals surface area contributed by atoms with Crippen LogP contribution in [0.1, 0.15) is 43.5 Å². The summed E-state index contributed by atoms with van der Waals surface area (Å²) in [6.07, 6.45) is 1.79. The number of nitrogens with zero attached hydrogens (tertiary/aromatic N) is 3. The lowest BCUT2D eigenvalue weighted by Crippen LogP contribution is -2.39. The predicted octanol–water partition coefficient (Wildman–Crippen LogP) is 6.15. The van der Waals surface area contributed by atoms with Crippen LogP contribution >= 0.6 is 34.5 Å². The van der Waals surface area contributed by atoms with Crippen molar-refractivity contribution < 1.29 is 19.0 Å². The molecule has 0 saturated heterocycles. The first-order valence-corrected chi connectivity index (χ1v) is 16.0. The Morgan fingerprint density at radius 1 is 1.00 bits per heavy atom. The summed E-state index contributed by atoms with van der Waals surface area (Å²) in [5.74, 6) is 0.576.